The third-order valence-electron chi connectivity index (χ3n) is 6.39. The Morgan fingerprint density at radius 3 is 2.24 bits per heavy atom. The minimum atomic E-state index is -4.33. The molecule has 3 aromatic carbocycles. The summed E-state index contributed by atoms with van der Waals surface area (Å²) in [6, 6.07) is 25.0. The molecule has 1 amide bonds. The first-order valence-corrected chi connectivity index (χ1v) is 12.7. The Morgan fingerprint density at radius 1 is 0.941 bits per heavy atom. The van der Waals surface area contributed by atoms with Crippen LogP contribution in [0.5, 0.6) is 0 Å². The number of allylic oxidation sites excluding steroid dienone is 1. The summed E-state index contributed by atoms with van der Waals surface area (Å²) in [6.45, 7) is 0. The van der Waals surface area contributed by atoms with Gasteiger partial charge in [-0.1, -0.05) is 60.7 Å². The van der Waals surface area contributed by atoms with E-state index in [1.165, 1.54) is 24.3 Å². The van der Waals surface area contributed by atoms with E-state index in [0.717, 1.165) is 41.7 Å². The lowest BCUT2D eigenvalue weighted by atomic mass is 9.77. The van der Waals surface area contributed by atoms with Crippen molar-refractivity contribution in [2.75, 3.05) is 0 Å². The highest BCUT2D eigenvalue weighted by Crippen LogP contribution is 2.44. The van der Waals surface area contributed by atoms with Crippen molar-refractivity contribution >= 4 is 27.8 Å². The molecule has 0 aromatic heterocycles. The van der Waals surface area contributed by atoms with Crippen LogP contribution < -0.4 is 0 Å². The second kappa shape index (κ2) is 9.00. The van der Waals surface area contributed by atoms with Gasteiger partial charge in [-0.2, -0.15) is 13.5 Å². The van der Waals surface area contributed by atoms with Gasteiger partial charge in [0.25, 0.3) is 16.0 Å². The molecule has 3 aromatic rings. The molecule has 1 N–H and O–H groups in total. The van der Waals surface area contributed by atoms with Crippen LogP contribution in [0.1, 0.15) is 46.8 Å². The number of carbonyl (C=O) groups is 1. The molecule has 0 unspecified atom stereocenters. The zero-order valence-corrected chi connectivity index (χ0v) is 19.2. The molecule has 1 aliphatic carbocycles. The molecule has 0 radical (unpaired) electrons. The first kappa shape index (κ1) is 22.3. The highest BCUT2D eigenvalue weighted by molar-refractivity contribution is 7.85. The van der Waals surface area contributed by atoms with Gasteiger partial charge < -0.3 is 0 Å². The molecule has 6 nitrogen and oxygen atoms in total. The number of hydrazone groups is 1. The molecule has 7 heteroatoms. The third kappa shape index (κ3) is 4.32. The summed E-state index contributed by atoms with van der Waals surface area (Å²) in [7, 11) is -4.33. The van der Waals surface area contributed by atoms with Gasteiger partial charge in [0.2, 0.25) is 0 Å². The largest absolute Gasteiger partial charge is 0.294 e. The average molecular weight is 473 g/mol. The molecular weight excluding hydrogens is 448 g/mol. The number of nitrogens with zero attached hydrogens (tertiary/aromatic N) is 2. The minimum Gasteiger partial charge on any atom is -0.282 e. The normalized spacial score (nSPS) is 21.3. The van der Waals surface area contributed by atoms with Gasteiger partial charge in [0.1, 0.15) is 0 Å². The van der Waals surface area contributed by atoms with E-state index in [0.29, 0.717) is 5.56 Å². The zero-order valence-electron chi connectivity index (χ0n) is 18.4. The Morgan fingerprint density at radius 2 is 1.59 bits per heavy atom. The summed E-state index contributed by atoms with van der Waals surface area (Å²) in [4.78, 5) is 13.3. The Kier molecular flexibility index (Phi) is 5.89. The summed E-state index contributed by atoms with van der Waals surface area (Å²) < 4.78 is 32.1. The topological polar surface area (TPSA) is 87.0 Å². The number of hydrogen-bond acceptors (Lipinski definition) is 4. The molecule has 1 heterocycles. The monoisotopic (exact) mass is 472 g/mol. The van der Waals surface area contributed by atoms with Crippen molar-refractivity contribution in [2.45, 2.75) is 30.2 Å². The van der Waals surface area contributed by atoms with Crippen LogP contribution in [0.15, 0.2) is 100 Å². The minimum absolute atomic E-state index is 0.0761. The molecule has 5 rings (SSSR count). The molecule has 1 fully saturated rings. The van der Waals surface area contributed by atoms with Crippen LogP contribution in [0.4, 0.5) is 0 Å². The van der Waals surface area contributed by atoms with Gasteiger partial charge in [-0.3, -0.25) is 9.35 Å². The summed E-state index contributed by atoms with van der Waals surface area (Å²) in [5.74, 6) is -0.233. The van der Waals surface area contributed by atoms with Crippen molar-refractivity contribution in [3.8, 4) is 0 Å². The second-order valence-electron chi connectivity index (χ2n) is 8.57. The predicted octanol–water partition coefficient (Wildman–Crippen LogP) is 5.37. The van der Waals surface area contributed by atoms with E-state index in [2.05, 4.69) is 18.2 Å². The van der Waals surface area contributed by atoms with Gasteiger partial charge in [-0.25, -0.2) is 5.01 Å². The number of benzene rings is 3. The first-order valence-electron chi connectivity index (χ1n) is 11.2. The van der Waals surface area contributed by atoms with Gasteiger partial charge in [-0.15, -0.1) is 0 Å². The lowest BCUT2D eigenvalue weighted by molar-refractivity contribution is 0.0680. The smallest absolute Gasteiger partial charge is 0.282 e. The van der Waals surface area contributed by atoms with Gasteiger partial charge in [0.15, 0.2) is 0 Å². The highest BCUT2D eigenvalue weighted by atomic mass is 32.2. The van der Waals surface area contributed by atoms with Crippen LogP contribution in [0, 0.1) is 5.92 Å². The highest BCUT2D eigenvalue weighted by Gasteiger charge is 2.43. The van der Waals surface area contributed by atoms with Crippen molar-refractivity contribution in [1.82, 2.24) is 5.01 Å². The Hall–Kier alpha value is -3.55. The molecule has 2 atom stereocenters. The fraction of sp³-hybridized carbons (Fsp3) is 0.185. The number of carbonyl (C=O) groups excluding carboxylic acids is 1. The van der Waals surface area contributed by atoms with Crippen molar-refractivity contribution < 1.29 is 17.8 Å². The summed E-state index contributed by atoms with van der Waals surface area (Å²) in [6.07, 6.45) is 4.99. The van der Waals surface area contributed by atoms with Crippen LogP contribution in [-0.2, 0) is 10.1 Å². The van der Waals surface area contributed by atoms with E-state index < -0.39 is 10.1 Å². The van der Waals surface area contributed by atoms with E-state index in [-0.39, 0.29) is 22.8 Å². The van der Waals surface area contributed by atoms with Gasteiger partial charge >= 0.3 is 0 Å². The maximum absolute atomic E-state index is 13.6. The average Bonchev–Trinajstić information content (AvgIpc) is 3.25. The van der Waals surface area contributed by atoms with Crippen LogP contribution in [0.25, 0.3) is 6.08 Å². The van der Waals surface area contributed by atoms with Crippen LogP contribution in [0.2, 0.25) is 0 Å². The summed E-state index contributed by atoms with van der Waals surface area (Å²) >= 11 is 0. The molecule has 0 bridgehead atoms. The van der Waals surface area contributed by atoms with Crippen molar-refractivity contribution in [3.63, 3.8) is 0 Å². The van der Waals surface area contributed by atoms with E-state index in [1.807, 2.05) is 48.5 Å². The fourth-order valence-corrected chi connectivity index (χ4v) is 5.28. The van der Waals surface area contributed by atoms with Crippen LogP contribution in [-0.4, -0.2) is 29.6 Å². The molecule has 1 saturated carbocycles. The van der Waals surface area contributed by atoms with Gasteiger partial charge in [0.05, 0.1) is 16.6 Å². The first-order chi connectivity index (χ1) is 16.4. The molecule has 2 aliphatic rings. The molecule has 1 aliphatic heterocycles. The fourth-order valence-electron chi connectivity index (χ4n) is 4.80. The number of amides is 1. The van der Waals surface area contributed by atoms with E-state index >= 15 is 0 Å². The molecule has 0 saturated heterocycles. The van der Waals surface area contributed by atoms with E-state index in [4.69, 9.17) is 5.10 Å². The zero-order chi connectivity index (χ0) is 23.7. The Labute approximate surface area is 199 Å². The summed E-state index contributed by atoms with van der Waals surface area (Å²) in [5, 5.41) is 6.40. The number of rotatable bonds is 4. The van der Waals surface area contributed by atoms with Crippen molar-refractivity contribution in [2.24, 2.45) is 11.0 Å². The van der Waals surface area contributed by atoms with Crippen LogP contribution >= 0.6 is 0 Å². The predicted molar refractivity (Wildman–Crippen MR) is 131 cm³/mol. The maximum atomic E-state index is 13.6. The van der Waals surface area contributed by atoms with Crippen LogP contribution in [0.3, 0.4) is 0 Å². The maximum Gasteiger partial charge on any atom is 0.294 e. The second-order valence-corrected chi connectivity index (χ2v) is 9.99. The Balaban J connectivity index is 1.56. The molecule has 0 spiro atoms. The SMILES string of the molecule is O=C(c1ccc(S(=O)(=O)O)cc1)N1N=C2/C(=C/c3ccccc3)CCC[C@H]2[C@H]1c1ccccc1. The third-order valence-corrected chi connectivity index (χ3v) is 7.26. The lowest BCUT2D eigenvalue weighted by Gasteiger charge is -2.29. The van der Waals surface area contributed by atoms with Gasteiger partial charge in [-0.05, 0) is 66.3 Å². The molecular formula is C27H24N2O4S. The Bertz CT molecular complexity index is 1370. The van der Waals surface area contributed by atoms with Crippen molar-refractivity contribution in [3.05, 3.63) is 107 Å². The number of hydrogen-bond donors (Lipinski definition) is 1. The quantitative estimate of drug-likeness (QED) is 0.517. The lowest BCUT2D eigenvalue weighted by Crippen LogP contribution is -2.31. The van der Waals surface area contributed by atoms with E-state index in [1.54, 1.807) is 5.01 Å². The molecule has 172 valence electrons. The standard InChI is InChI=1S/C27H24N2O4S/c30-27(21-14-16-23(17-15-21)34(31,32)33)29-26(20-10-5-2-6-11-20)24-13-7-12-22(25(24)28-29)18-19-8-3-1-4-9-19/h1-6,8-11,14-18,24,26H,7,12-13H2,(H,31,32,33)/b22-18+/t24-,26-/m1/s1. The van der Waals surface area contributed by atoms with Gasteiger partial charge in [0, 0.05) is 11.5 Å². The summed E-state index contributed by atoms with van der Waals surface area (Å²) in [5.41, 5.74) is 4.50. The van der Waals surface area contributed by atoms with E-state index in [9.17, 15) is 17.8 Å². The molecule has 34 heavy (non-hydrogen) atoms. The number of fused-ring (bicyclic) bond motifs is 1. The van der Waals surface area contributed by atoms with Crippen molar-refractivity contribution in [1.29, 1.82) is 0 Å².